The minimum Gasteiger partial charge on any atom is -0.504 e. The van der Waals surface area contributed by atoms with Gasteiger partial charge in [0.15, 0.2) is 11.5 Å². The van der Waals surface area contributed by atoms with Gasteiger partial charge >= 0.3 is 0 Å². The normalized spacial score (nSPS) is 14.1. The van der Waals surface area contributed by atoms with Crippen LogP contribution in [-0.4, -0.2) is 40.6 Å². The zero-order valence-electron chi connectivity index (χ0n) is 19.8. The Hall–Kier alpha value is -2.88. The Kier molecular flexibility index (Phi) is 9.71. The number of nitrogens with zero attached hydrogens (tertiary/aromatic N) is 1. The highest BCUT2D eigenvalue weighted by Gasteiger charge is 2.26. The van der Waals surface area contributed by atoms with Crippen molar-refractivity contribution in [3.8, 4) is 17.2 Å². The van der Waals surface area contributed by atoms with Crippen LogP contribution in [0, 0.1) is 9.49 Å². The van der Waals surface area contributed by atoms with Crippen molar-refractivity contribution in [3.63, 3.8) is 0 Å². The third kappa shape index (κ3) is 6.84. The van der Waals surface area contributed by atoms with E-state index in [9.17, 15) is 15.3 Å². The molecule has 0 fully saturated rings. The second kappa shape index (κ2) is 12.7. The SMILES string of the molecule is C=C[C@H]([C@H](O)CC/C(=C/c1cc(I)c(O)c(OC)c1)c1ccccn1)[C@H](O)c1ccc(OC)cc1. The summed E-state index contributed by atoms with van der Waals surface area (Å²) in [5.41, 5.74) is 3.22. The fourth-order valence-corrected chi connectivity index (χ4v) is 4.50. The van der Waals surface area contributed by atoms with E-state index in [0.717, 1.165) is 16.8 Å². The highest BCUT2D eigenvalue weighted by atomic mass is 127. The van der Waals surface area contributed by atoms with Gasteiger partial charge in [0.05, 0.1) is 35.7 Å². The molecule has 0 aliphatic heterocycles. The number of benzene rings is 2. The highest BCUT2D eigenvalue weighted by molar-refractivity contribution is 14.1. The van der Waals surface area contributed by atoms with Crippen LogP contribution in [-0.2, 0) is 0 Å². The van der Waals surface area contributed by atoms with Crippen molar-refractivity contribution in [1.29, 1.82) is 0 Å². The Morgan fingerprint density at radius 1 is 1.09 bits per heavy atom. The Labute approximate surface area is 219 Å². The number of allylic oxidation sites excluding steroid dienone is 1. The number of aliphatic hydroxyl groups is 2. The molecular weight excluding hydrogens is 557 g/mol. The van der Waals surface area contributed by atoms with E-state index in [1.165, 1.54) is 7.11 Å². The largest absolute Gasteiger partial charge is 0.504 e. The molecule has 0 saturated heterocycles. The molecule has 3 aromatic rings. The summed E-state index contributed by atoms with van der Waals surface area (Å²) >= 11 is 2.06. The fraction of sp³-hybridized carbons (Fsp3) is 0.250. The number of phenols is 1. The van der Waals surface area contributed by atoms with E-state index in [1.807, 2.05) is 30.3 Å². The molecule has 0 radical (unpaired) electrons. The van der Waals surface area contributed by atoms with Crippen LogP contribution >= 0.6 is 22.6 Å². The molecule has 184 valence electrons. The Morgan fingerprint density at radius 2 is 1.83 bits per heavy atom. The minimum atomic E-state index is -0.904. The first kappa shape index (κ1) is 26.7. The number of halogens is 1. The molecule has 3 atom stereocenters. The third-order valence-corrected chi connectivity index (χ3v) is 6.68. The topological polar surface area (TPSA) is 92.0 Å². The van der Waals surface area contributed by atoms with Gasteiger partial charge in [-0.1, -0.05) is 24.3 Å². The summed E-state index contributed by atoms with van der Waals surface area (Å²) < 4.78 is 11.1. The van der Waals surface area contributed by atoms with Crippen LogP contribution in [0.2, 0.25) is 0 Å². The van der Waals surface area contributed by atoms with Crippen LogP contribution < -0.4 is 9.47 Å². The maximum Gasteiger partial charge on any atom is 0.171 e. The zero-order chi connectivity index (χ0) is 25.4. The molecule has 3 rings (SSSR count). The predicted octanol–water partition coefficient (Wildman–Crippen LogP) is 5.63. The summed E-state index contributed by atoms with van der Waals surface area (Å²) in [5, 5.41) is 32.1. The van der Waals surface area contributed by atoms with Gasteiger partial charge in [-0.15, -0.1) is 6.58 Å². The summed E-state index contributed by atoms with van der Waals surface area (Å²) in [4.78, 5) is 4.49. The lowest BCUT2D eigenvalue weighted by atomic mass is 9.87. The fourth-order valence-electron chi connectivity index (χ4n) is 3.88. The Bertz CT molecular complexity index is 1150. The summed E-state index contributed by atoms with van der Waals surface area (Å²) in [5.74, 6) is 0.629. The van der Waals surface area contributed by atoms with Gasteiger partial charge in [-0.25, -0.2) is 0 Å². The zero-order valence-corrected chi connectivity index (χ0v) is 21.9. The standard InChI is InChI=1S/C28H30INO5/c1-4-22(27(32)19-8-11-21(34-2)12-9-19)25(31)13-10-20(24-7-5-6-14-30-24)15-18-16-23(29)28(33)26(17-18)35-3/h4-9,11-12,14-17,22,25,27,31-33H,1,10,13H2,2-3H3/b20-15-/t22-,25-,27-/m1/s1. The van der Waals surface area contributed by atoms with E-state index in [0.29, 0.717) is 33.5 Å². The summed E-state index contributed by atoms with van der Waals surface area (Å²) in [6, 6.07) is 16.4. The summed E-state index contributed by atoms with van der Waals surface area (Å²) in [6.45, 7) is 3.84. The number of methoxy groups -OCH3 is 2. The molecule has 6 nitrogen and oxygen atoms in total. The number of hydrogen-bond acceptors (Lipinski definition) is 6. The number of ether oxygens (including phenoxy) is 2. The molecule has 1 aromatic heterocycles. The quantitative estimate of drug-likeness (QED) is 0.199. The van der Waals surface area contributed by atoms with Crippen molar-refractivity contribution in [2.45, 2.75) is 25.0 Å². The number of hydrogen-bond donors (Lipinski definition) is 3. The minimum absolute atomic E-state index is 0.0985. The Balaban J connectivity index is 1.83. The molecule has 3 N–H and O–H groups in total. The second-order valence-corrected chi connectivity index (χ2v) is 9.24. The van der Waals surface area contributed by atoms with Crippen molar-refractivity contribution in [1.82, 2.24) is 4.98 Å². The van der Waals surface area contributed by atoms with Crippen LogP contribution in [0.25, 0.3) is 11.6 Å². The first-order valence-corrected chi connectivity index (χ1v) is 12.3. The van der Waals surface area contributed by atoms with Crippen LogP contribution in [0.5, 0.6) is 17.2 Å². The van der Waals surface area contributed by atoms with Crippen LogP contribution in [0.3, 0.4) is 0 Å². The lowest BCUT2D eigenvalue weighted by molar-refractivity contribution is 0.0325. The van der Waals surface area contributed by atoms with Crippen LogP contribution in [0.15, 0.2) is 73.4 Å². The molecule has 0 saturated carbocycles. The van der Waals surface area contributed by atoms with Crippen molar-refractivity contribution in [3.05, 3.63) is 93.8 Å². The van der Waals surface area contributed by atoms with Crippen molar-refractivity contribution in [2.75, 3.05) is 14.2 Å². The molecule has 0 aliphatic rings. The van der Waals surface area contributed by atoms with E-state index in [4.69, 9.17) is 9.47 Å². The molecule has 0 amide bonds. The van der Waals surface area contributed by atoms with E-state index >= 15 is 0 Å². The van der Waals surface area contributed by atoms with Crippen molar-refractivity contribution in [2.24, 2.45) is 5.92 Å². The lowest BCUT2D eigenvalue weighted by Crippen LogP contribution is -2.25. The van der Waals surface area contributed by atoms with E-state index in [1.54, 1.807) is 49.7 Å². The van der Waals surface area contributed by atoms with Gasteiger partial charge in [-0.05, 0) is 94.6 Å². The summed E-state index contributed by atoms with van der Waals surface area (Å²) in [7, 11) is 3.10. The molecule has 35 heavy (non-hydrogen) atoms. The molecule has 0 spiro atoms. The van der Waals surface area contributed by atoms with Gasteiger partial charge < -0.3 is 24.8 Å². The molecule has 0 unspecified atom stereocenters. The number of aliphatic hydroxyl groups excluding tert-OH is 2. The first-order valence-electron chi connectivity index (χ1n) is 11.2. The molecule has 0 aliphatic carbocycles. The van der Waals surface area contributed by atoms with Gasteiger partial charge in [0.25, 0.3) is 0 Å². The number of aromatic hydroxyl groups is 1. The van der Waals surface area contributed by atoms with Crippen LogP contribution in [0.1, 0.15) is 35.8 Å². The lowest BCUT2D eigenvalue weighted by Gasteiger charge is -2.25. The first-order chi connectivity index (χ1) is 16.9. The number of phenolic OH excluding ortho intramolecular Hbond substituents is 1. The average Bonchev–Trinajstić information content (AvgIpc) is 2.89. The van der Waals surface area contributed by atoms with E-state index in [2.05, 4.69) is 34.2 Å². The predicted molar refractivity (Wildman–Crippen MR) is 146 cm³/mol. The van der Waals surface area contributed by atoms with Gasteiger partial charge in [0, 0.05) is 12.1 Å². The average molecular weight is 587 g/mol. The number of rotatable bonds is 11. The van der Waals surface area contributed by atoms with Gasteiger partial charge in [-0.3, -0.25) is 4.98 Å². The molecule has 7 heteroatoms. The number of aromatic nitrogens is 1. The van der Waals surface area contributed by atoms with Crippen molar-refractivity contribution >= 4 is 34.2 Å². The second-order valence-electron chi connectivity index (χ2n) is 8.08. The Morgan fingerprint density at radius 3 is 2.43 bits per heavy atom. The van der Waals surface area contributed by atoms with E-state index in [-0.39, 0.29) is 5.75 Å². The highest BCUT2D eigenvalue weighted by Crippen LogP contribution is 2.35. The maximum absolute atomic E-state index is 11.0. The van der Waals surface area contributed by atoms with E-state index < -0.39 is 18.1 Å². The smallest absolute Gasteiger partial charge is 0.171 e. The van der Waals surface area contributed by atoms with Crippen molar-refractivity contribution < 1.29 is 24.8 Å². The maximum atomic E-state index is 11.0. The summed E-state index contributed by atoms with van der Waals surface area (Å²) in [6.07, 6.45) is 4.46. The molecule has 2 aromatic carbocycles. The third-order valence-electron chi connectivity index (χ3n) is 5.85. The monoisotopic (exact) mass is 587 g/mol. The van der Waals surface area contributed by atoms with Gasteiger partial charge in [-0.2, -0.15) is 0 Å². The molecule has 1 heterocycles. The molecule has 0 bridgehead atoms. The van der Waals surface area contributed by atoms with Gasteiger partial charge in [0.2, 0.25) is 0 Å². The van der Waals surface area contributed by atoms with Crippen LogP contribution in [0.4, 0.5) is 0 Å². The number of pyridine rings is 1. The van der Waals surface area contributed by atoms with Gasteiger partial charge in [0.1, 0.15) is 5.75 Å². The molecular formula is C28H30INO5.